The summed E-state index contributed by atoms with van der Waals surface area (Å²) < 4.78 is 1.66. The molecular formula is C20H14Cl2N2OS. The molecule has 0 aliphatic carbocycles. The minimum absolute atomic E-state index is 0.249. The van der Waals surface area contributed by atoms with Gasteiger partial charge >= 0.3 is 0 Å². The van der Waals surface area contributed by atoms with Crippen molar-refractivity contribution in [3.8, 4) is 0 Å². The van der Waals surface area contributed by atoms with Crippen LogP contribution in [0.1, 0.15) is 5.56 Å². The van der Waals surface area contributed by atoms with Gasteiger partial charge in [0.15, 0.2) is 17.4 Å². The zero-order valence-corrected chi connectivity index (χ0v) is 15.9. The van der Waals surface area contributed by atoms with E-state index in [1.807, 2.05) is 30.3 Å². The van der Waals surface area contributed by atoms with Crippen LogP contribution in [-0.4, -0.2) is 4.99 Å². The van der Waals surface area contributed by atoms with Crippen LogP contribution in [-0.2, 0) is 0 Å². The van der Waals surface area contributed by atoms with Crippen molar-refractivity contribution in [3.05, 3.63) is 94.7 Å². The predicted octanol–water partition coefficient (Wildman–Crippen LogP) is 4.41. The molecule has 0 atom stereocenters. The molecule has 1 heterocycles. The van der Waals surface area contributed by atoms with Crippen molar-refractivity contribution in [1.82, 2.24) is 0 Å². The number of rotatable bonds is 4. The predicted molar refractivity (Wildman–Crippen MR) is 109 cm³/mol. The molecule has 6 heteroatoms. The Labute approximate surface area is 167 Å². The summed E-state index contributed by atoms with van der Waals surface area (Å²) in [5.74, 6) is -0.281. The molecule has 0 saturated carbocycles. The molecule has 0 saturated heterocycles. The van der Waals surface area contributed by atoms with E-state index in [0.29, 0.717) is 21.3 Å². The van der Waals surface area contributed by atoms with E-state index < -0.39 is 0 Å². The first-order chi connectivity index (χ1) is 12.6. The maximum Gasteiger partial charge on any atom is 0.238 e. The van der Waals surface area contributed by atoms with E-state index in [9.17, 15) is 5.11 Å². The molecule has 1 N–H and O–H groups in total. The smallest absolute Gasteiger partial charge is 0.238 e. The highest BCUT2D eigenvalue weighted by Crippen LogP contribution is 2.25. The number of pyridine rings is 1. The fourth-order valence-electron chi connectivity index (χ4n) is 2.40. The SMILES string of the molecule is [O-]C(=C(C(=S)Nc1ccccc1Cl)[n+]1ccccc1)c1ccccc1Cl. The fourth-order valence-corrected chi connectivity index (χ4v) is 3.11. The van der Waals surface area contributed by atoms with Gasteiger partial charge in [0.05, 0.1) is 10.7 Å². The van der Waals surface area contributed by atoms with E-state index in [1.54, 1.807) is 53.4 Å². The molecule has 0 aliphatic rings. The van der Waals surface area contributed by atoms with Gasteiger partial charge in [0.2, 0.25) is 5.70 Å². The molecule has 0 unspecified atom stereocenters. The van der Waals surface area contributed by atoms with Crippen LogP contribution in [0, 0.1) is 0 Å². The van der Waals surface area contributed by atoms with Crippen LogP contribution < -0.4 is 15.0 Å². The molecule has 0 aliphatic heterocycles. The van der Waals surface area contributed by atoms with Gasteiger partial charge in [-0.25, -0.2) is 0 Å². The second-order valence-electron chi connectivity index (χ2n) is 5.37. The summed E-state index contributed by atoms with van der Waals surface area (Å²) in [7, 11) is 0. The Hall–Kier alpha value is -2.40. The topological polar surface area (TPSA) is 39.0 Å². The second kappa shape index (κ2) is 8.32. The quantitative estimate of drug-likeness (QED) is 0.305. The number of hydrogen-bond donors (Lipinski definition) is 1. The molecule has 3 nitrogen and oxygen atoms in total. The van der Waals surface area contributed by atoms with Crippen LogP contribution in [0.5, 0.6) is 0 Å². The molecular weight excluding hydrogens is 387 g/mol. The van der Waals surface area contributed by atoms with Crippen LogP contribution >= 0.6 is 35.4 Å². The van der Waals surface area contributed by atoms with Crippen LogP contribution in [0.2, 0.25) is 10.0 Å². The minimum Gasteiger partial charge on any atom is -0.867 e. The highest BCUT2D eigenvalue weighted by atomic mass is 35.5. The molecule has 26 heavy (non-hydrogen) atoms. The Bertz CT molecular complexity index is 974. The van der Waals surface area contributed by atoms with E-state index in [1.165, 1.54) is 0 Å². The summed E-state index contributed by atoms with van der Waals surface area (Å²) in [4.78, 5) is 0.249. The zero-order chi connectivity index (χ0) is 18.5. The van der Waals surface area contributed by atoms with Crippen LogP contribution in [0.15, 0.2) is 79.1 Å². The average molecular weight is 401 g/mol. The van der Waals surface area contributed by atoms with Crippen molar-refractivity contribution < 1.29 is 9.67 Å². The number of hydrogen-bond acceptors (Lipinski definition) is 2. The first-order valence-corrected chi connectivity index (χ1v) is 8.93. The van der Waals surface area contributed by atoms with Gasteiger partial charge in [-0.15, -0.1) is 0 Å². The number of nitrogens with zero attached hydrogens (tertiary/aromatic N) is 1. The molecule has 0 bridgehead atoms. The number of benzene rings is 2. The van der Waals surface area contributed by atoms with Gasteiger partial charge in [0, 0.05) is 17.2 Å². The Morgan fingerprint density at radius 3 is 2.12 bits per heavy atom. The summed E-state index contributed by atoms with van der Waals surface area (Å²) in [6.45, 7) is 0. The van der Waals surface area contributed by atoms with Crippen molar-refractivity contribution in [2.24, 2.45) is 0 Å². The third-order valence-electron chi connectivity index (χ3n) is 3.64. The lowest BCUT2D eigenvalue weighted by Gasteiger charge is -2.18. The standard InChI is InChI=1S/C20H14Cl2N2OS/c21-15-9-3-2-8-14(15)19(25)18(24-12-6-1-7-13-24)20(26)23-17-11-5-4-10-16(17)22/h1-13H,(H-,23,25,26). The first kappa shape index (κ1) is 18.4. The summed E-state index contributed by atoms with van der Waals surface area (Å²) >= 11 is 17.9. The van der Waals surface area contributed by atoms with Crippen molar-refractivity contribution in [1.29, 1.82) is 0 Å². The van der Waals surface area contributed by atoms with Gasteiger partial charge in [-0.2, -0.15) is 4.57 Å². The minimum atomic E-state index is -0.281. The van der Waals surface area contributed by atoms with E-state index >= 15 is 0 Å². The van der Waals surface area contributed by atoms with Crippen molar-refractivity contribution in [3.63, 3.8) is 0 Å². The summed E-state index contributed by atoms with van der Waals surface area (Å²) in [5, 5.41) is 17.1. The summed E-state index contributed by atoms with van der Waals surface area (Å²) in [6.07, 6.45) is 3.51. The summed E-state index contributed by atoms with van der Waals surface area (Å²) in [6, 6.07) is 19.6. The van der Waals surface area contributed by atoms with E-state index in [-0.39, 0.29) is 16.4 Å². The fraction of sp³-hybridized carbons (Fsp3) is 0. The maximum atomic E-state index is 13.2. The third kappa shape index (κ3) is 4.05. The zero-order valence-electron chi connectivity index (χ0n) is 13.5. The summed E-state index contributed by atoms with van der Waals surface area (Å²) in [5.41, 5.74) is 1.29. The molecule has 0 spiro atoms. The molecule has 130 valence electrons. The monoisotopic (exact) mass is 400 g/mol. The molecule has 3 aromatic rings. The Morgan fingerprint density at radius 1 is 0.846 bits per heavy atom. The number of thiocarbonyl (C=S) groups is 1. The first-order valence-electron chi connectivity index (χ1n) is 7.76. The molecule has 2 aromatic carbocycles. The van der Waals surface area contributed by atoms with E-state index in [4.69, 9.17) is 35.4 Å². The van der Waals surface area contributed by atoms with Gasteiger partial charge in [-0.3, -0.25) is 0 Å². The Morgan fingerprint density at radius 2 is 1.46 bits per heavy atom. The molecule has 0 fully saturated rings. The molecule has 3 rings (SSSR count). The van der Waals surface area contributed by atoms with Gasteiger partial charge in [-0.1, -0.05) is 71.8 Å². The second-order valence-corrected chi connectivity index (χ2v) is 6.60. The van der Waals surface area contributed by atoms with E-state index in [2.05, 4.69) is 5.32 Å². The number of halogens is 2. The Kier molecular flexibility index (Phi) is 5.89. The normalized spacial score (nSPS) is 11.6. The van der Waals surface area contributed by atoms with Crippen LogP contribution in [0.25, 0.3) is 11.5 Å². The van der Waals surface area contributed by atoms with Crippen molar-refractivity contribution in [2.45, 2.75) is 0 Å². The number of aromatic nitrogens is 1. The number of para-hydroxylation sites is 1. The highest BCUT2D eigenvalue weighted by molar-refractivity contribution is 7.81. The molecule has 0 radical (unpaired) electrons. The lowest BCUT2D eigenvalue weighted by atomic mass is 10.1. The van der Waals surface area contributed by atoms with Gasteiger partial charge in [0.25, 0.3) is 0 Å². The third-order valence-corrected chi connectivity index (χ3v) is 4.60. The molecule has 1 aromatic heterocycles. The van der Waals surface area contributed by atoms with Crippen LogP contribution in [0.3, 0.4) is 0 Å². The van der Waals surface area contributed by atoms with Crippen molar-refractivity contribution >= 4 is 57.6 Å². The average Bonchev–Trinajstić information content (AvgIpc) is 2.65. The number of anilines is 1. The van der Waals surface area contributed by atoms with Gasteiger partial charge < -0.3 is 10.4 Å². The lowest BCUT2D eigenvalue weighted by Crippen LogP contribution is -2.39. The van der Waals surface area contributed by atoms with Crippen LogP contribution in [0.4, 0.5) is 5.69 Å². The molecule has 0 amide bonds. The van der Waals surface area contributed by atoms with Gasteiger partial charge in [-0.05, 0) is 29.5 Å². The Balaban J connectivity index is 2.10. The van der Waals surface area contributed by atoms with E-state index in [0.717, 1.165) is 0 Å². The van der Waals surface area contributed by atoms with Gasteiger partial charge in [0.1, 0.15) is 0 Å². The highest BCUT2D eigenvalue weighted by Gasteiger charge is 2.20. The maximum absolute atomic E-state index is 13.2. The number of nitrogens with one attached hydrogen (secondary N) is 1. The van der Waals surface area contributed by atoms with Crippen molar-refractivity contribution in [2.75, 3.05) is 5.32 Å². The largest absolute Gasteiger partial charge is 0.867 e. The lowest BCUT2D eigenvalue weighted by molar-refractivity contribution is -0.577.